The number of hydrogen-bond acceptors (Lipinski definition) is 14. The number of carbonyl (C=O) groups excluding carboxylic acids is 5. The Hall–Kier alpha value is -6.97. The number of benzene rings is 3. The fourth-order valence-corrected chi connectivity index (χ4v) is 7.56. The van der Waals surface area contributed by atoms with Crippen molar-refractivity contribution in [2.75, 3.05) is 63.4 Å². The van der Waals surface area contributed by atoms with Crippen LogP contribution in [0.15, 0.2) is 79.1 Å². The summed E-state index contributed by atoms with van der Waals surface area (Å²) < 4.78 is 28.7. The number of anilines is 3. The summed E-state index contributed by atoms with van der Waals surface area (Å²) >= 11 is 6.59. The van der Waals surface area contributed by atoms with Crippen LogP contribution in [0.3, 0.4) is 0 Å². The van der Waals surface area contributed by atoms with Crippen LogP contribution >= 0.6 is 11.6 Å². The molecule has 0 saturated carbocycles. The van der Waals surface area contributed by atoms with Crippen LogP contribution in [0.2, 0.25) is 5.02 Å². The van der Waals surface area contributed by atoms with E-state index in [2.05, 4.69) is 30.8 Å². The zero-order valence-corrected chi connectivity index (χ0v) is 36.3. The van der Waals surface area contributed by atoms with Crippen LogP contribution in [-0.2, 0) is 41.6 Å². The highest BCUT2D eigenvalue weighted by Gasteiger charge is 2.45. The van der Waals surface area contributed by atoms with Crippen molar-refractivity contribution in [1.29, 1.82) is 0 Å². The number of amides is 4. The number of pyridine rings is 2. The van der Waals surface area contributed by atoms with E-state index in [-0.39, 0.29) is 74.7 Å². The number of Topliss-reactive ketones (excluding diaryl/α,β-unsaturated/α-hetero) is 1. The molecule has 1 atom stereocenters. The number of nitrogens with one attached hydrogen (secondary N) is 3. The molecule has 1 fully saturated rings. The van der Waals surface area contributed by atoms with E-state index in [9.17, 15) is 24.0 Å². The lowest BCUT2D eigenvalue weighted by atomic mass is 10.0. The van der Waals surface area contributed by atoms with E-state index in [1.54, 1.807) is 42.6 Å². The minimum Gasteiger partial charge on any atom is -0.494 e. The highest BCUT2D eigenvalue weighted by atomic mass is 35.5. The average Bonchev–Trinajstić information content (AvgIpc) is 3.55. The molecule has 3 aromatic carbocycles. The molecule has 0 spiro atoms. The van der Waals surface area contributed by atoms with Crippen molar-refractivity contribution < 1.29 is 47.7 Å². The Morgan fingerprint density at radius 2 is 1.71 bits per heavy atom. The van der Waals surface area contributed by atoms with Crippen molar-refractivity contribution in [3.05, 3.63) is 118 Å². The Kier molecular flexibility index (Phi) is 15.6. The lowest BCUT2D eigenvalue weighted by Gasteiger charge is -2.27. The quantitative estimate of drug-likeness (QED) is 0.0359. The van der Waals surface area contributed by atoms with E-state index in [1.807, 2.05) is 31.2 Å². The minimum atomic E-state index is -1.04. The Morgan fingerprint density at radius 1 is 0.908 bits per heavy atom. The van der Waals surface area contributed by atoms with Crippen LogP contribution in [0.5, 0.6) is 11.5 Å². The number of hydrogen-bond donors (Lipinski definition) is 3. The molecule has 336 valence electrons. The highest BCUT2D eigenvalue weighted by molar-refractivity contribution is 6.32. The second-order valence-corrected chi connectivity index (χ2v) is 15.2. The first-order chi connectivity index (χ1) is 31.6. The normalized spacial score (nSPS) is 14.5. The SMILES string of the molecule is [C-]#[N+]c1cnc2cc(OCC)c(CC(=O)CCOCCOCCOCCNc3cccc4c3C(=O)N(C3CCC(=O)NC3=O)C4=O)cc2c1Nc1ccc(OCc2ccccn2)c(Cl)c1. The maximum Gasteiger partial charge on any atom is 0.264 e. The standard InChI is InChI=1S/C47H46ClN7O10/c1-3-64-41-26-37-34(44(38(49-2)27-52-37)53-30-10-12-40(35(48)25-30)65-28-31-7-4-5-15-50-31)24-29(41)23-32(56)14-17-61-19-21-63-22-20-62-18-16-51-36-9-6-8-33-43(36)47(60)55(46(33)59)39-11-13-42(57)54-45(39)58/h4-10,12,15,24-27,39,51H,3,11,13-14,16-23,28H2,1H3,(H,52,53)(H,54,57,58). The molecule has 65 heavy (non-hydrogen) atoms. The van der Waals surface area contributed by atoms with Gasteiger partial charge in [0.2, 0.25) is 17.5 Å². The fraction of sp³-hybridized carbons (Fsp3) is 0.319. The first-order valence-electron chi connectivity index (χ1n) is 21.0. The zero-order chi connectivity index (χ0) is 45.7. The van der Waals surface area contributed by atoms with E-state index in [4.69, 9.17) is 41.9 Å². The van der Waals surface area contributed by atoms with Gasteiger partial charge < -0.3 is 34.3 Å². The van der Waals surface area contributed by atoms with Gasteiger partial charge in [-0.05, 0) is 61.9 Å². The van der Waals surface area contributed by atoms with Crippen LogP contribution in [0.1, 0.15) is 58.2 Å². The minimum absolute atomic E-state index is 0.0442. The third-order valence-corrected chi connectivity index (χ3v) is 10.7. The molecule has 3 N–H and O–H groups in total. The van der Waals surface area contributed by atoms with Crippen LogP contribution < -0.4 is 25.4 Å². The molecule has 7 rings (SSSR count). The summed E-state index contributed by atoms with van der Waals surface area (Å²) in [5, 5.41) is 9.67. The molecule has 1 unspecified atom stereocenters. The second kappa shape index (κ2) is 22.1. The van der Waals surface area contributed by atoms with Crippen LogP contribution in [0.4, 0.5) is 22.7 Å². The van der Waals surface area contributed by atoms with Crippen molar-refractivity contribution in [3.8, 4) is 11.5 Å². The smallest absolute Gasteiger partial charge is 0.264 e. The maximum atomic E-state index is 13.3. The molecule has 2 aliphatic heterocycles. The van der Waals surface area contributed by atoms with Gasteiger partial charge in [-0.15, -0.1) is 0 Å². The van der Waals surface area contributed by atoms with E-state index in [0.717, 1.165) is 10.6 Å². The van der Waals surface area contributed by atoms with Crippen molar-refractivity contribution in [3.63, 3.8) is 0 Å². The number of ketones is 1. The van der Waals surface area contributed by atoms with Gasteiger partial charge in [0.25, 0.3) is 11.8 Å². The summed E-state index contributed by atoms with van der Waals surface area (Å²) in [7, 11) is 0. The number of ether oxygens (including phenoxy) is 5. The van der Waals surface area contributed by atoms with Crippen molar-refractivity contribution in [2.24, 2.45) is 0 Å². The Bertz CT molecular complexity index is 2620. The fourth-order valence-electron chi connectivity index (χ4n) is 7.32. The van der Waals surface area contributed by atoms with Gasteiger partial charge in [0, 0.05) is 66.6 Å². The molecule has 2 aliphatic rings. The highest BCUT2D eigenvalue weighted by Crippen LogP contribution is 2.39. The average molecular weight is 904 g/mol. The molecule has 18 heteroatoms. The lowest BCUT2D eigenvalue weighted by Crippen LogP contribution is -2.54. The zero-order valence-electron chi connectivity index (χ0n) is 35.5. The Balaban J connectivity index is 0.829. The maximum absolute atomic E-state index is 13.3. The van der Waals surface area contributed by atoms with Crippen molar-refractivity contribution in [1.82, 2.24) is 20.2 Å². The lowest BCUT2D eigenvalue weighted by molar-refractivity contribution is -0.136. The topological polar surface area (TPSA) is 201 Å². The number of aromatic nitrogens is 2. The monoisotopic (exact) mass is 903 g/mol. The predicted molar refractivity (Wildman–Crippen MR) is 240 cm³/mol. The number of nitrogens with zero attached hydrogens (tertiary/aromatic N) is 4. The first-order valence-corrected chi connectivity index (χ1v) is 21.4. The molecule has 2 aromatic heterocycles. The predicted octanol–water partition coefficient (Wildman–Crippen LogP) is 6.62. The molecule has 0 aliphatic carbocycles. The summed E-state index contributed by atoms with van der Waals surface area (Å²) in [5.41, 5.74) is 4.24. The number of rotatable bonds is 23. The number of piperidine rings is 1. The number of imide groups is 2. The second-order valence-electron chi connectivity index (χ2n) is 14.8. The number of carbonyl (C=O) groups is 5. The summed E-state index contributed by atoms with van der Waals surface area (Å²) in [6.45, 7) is 12.3. The largest absolute Gasteiger partial charge is 0.494 e. The molecular weight excluding hydrogens is 858 g/mol. The van der Waals surface area contributed by atoms with E-state index in [1.165, 1.54) is 12.3 Å². The summed E-state index contributed by atoms with van der Waals surface area (Å²) in [4.78, 5) is 76.9. The van der Waals surface area contributed by atoms with Crippen molar-refractivity contribution >= 4 is 74.7 Å². The van der Waals surface area contributed by atoms with Gasteiger partial charge in [-0.1, -0.05) is 23.7 Å². The number of halogens is 1. The molecule has 0 radical (unpaired) electrons. The summed E-state index contributed by atoms with van der Waals surface area (Å²) in [6, 6.07) is 18.3. The van der Waals surface area contributed by atoms with Gasteiger partial charge in [0.05, 0.1) is 85.9 Å². The van der Waals surface area contributed by atoms with Crippen molar-refractivity contribution in [2.45, 2.75) is 45.3 Å². The first kappa shape index (κ1) is 46.0. The van der Waals surface area contributed by atoms with Gasteiger partial charge >= 0.3 is 0 Å². The molecular formula is C47H46ClN7O10. The van der Waals surface area contributed by atoms with Crippen LogP contribution in [-0.4, -0.2) is 103 Å². The van der Waals surface area contributed by atoms with Gasteiger partial charge in [0.15, 0.2) is 0 Å². The molecule has 0 bridgehead atoms. The van der Waals surface area contributed by atoms with Gasteiger partial charge in [-0.2, -0.15) is 0 Å². The third-order valence-electron chi connectivity index (χ3n) is 10.4. The third kappa shape index (κ3) is 11.4. The van der Waals surface area contributed by atoms with Gasteiger partial charge in [-0.3, -0.25) is 44.2 Å². The Labute approximate surface area is 379 Å². The molecule has 17 nitrogen and oxygen atoms in total. The summed E-state index contributed by atoms with van der Waals surface area (Å²) in [5.74, 6) is -1.30. The van der Waals surface area contributed by atoms with Gasteiger partial charge in [0.1, 0.15) is 29.9 Å². The van der Waals surface area contributed by atoms with Gasteiger partial charge in [-0.25, -0.2) is 4.85 Å². The van der Waals surface area contributed by atoms with E-state index in [0.29, 0.717) is 83.0 Å². The Morgan fingerprint density at radius 3 is 2.45 bits per heavy atom. The summed E-state index contributed by atoms with van der Waals surface area (Å²) in [6.07, 6.45) is 3.55. The van der Waals surface area contributed by atoms with E-state index < -0.39 is 29.7 Å². The number of fused-ring (bicyclic) bond motifs is 2. The molecule has 4 amide bonds. The van der Waals surface area contributed by atoms with Crippen LogP contribution in [0, 0.1) is 6.57 Å². The van der Waals surface area contributed by atoms with E-state index >= 15 is 0 Å². The van der Waals surface area contributed by atoms with Crippen LogP contribution in [0.25, 0.3) is 15.7 Å². The molecule has 4 heterocycles. The molecule has 1 saturated heterocycles. The molecule has 5 aromatic rings.